The van der Waals surface area contributed by atoms with Gasteiger partial charge in [0.25, 0.3) is 0 Å². The van der Waals surface area contributed by atoms with E-state index in [0.717, 1.165) is 11.8 Å². The van der Waals surface area contributed by atoms with E-state index in [1.54, 1.807) is 0 Å². The first-order valence-corrected chi connectivity index (χ1v) is 8.53. The predicted molar refractivity (Wildman–Crippen MR) is 88.0 cm³/mol. The van der Waals surface area contributed by atoms with Crippen molar-refractivity contribution in [3.63, 3.8) is 0 Å². The summed E-state index contributed by atoms with van der Waals surface area (Å²) in [5, 5.41) is 3.73. The molecule has 1 heteroatoms. The minimum Gasteiger partial charge on any atom is -0.310 e. The van der Waals surface area contributed by atoms with E-state index >= 15 is 0 Å². The van der Waals surface area contributed by atoms with Crippen molar-refractivity contribution in [2.24, 2.45) is 11.8 Å². The molecule has 0 radical (unpaired) electrons. The van der Waals surface area contributed by atoms with Crippen LogP contribution in [0.1, 0.15) is 70.0 Å². The average Bonchev–Trinajstić information content (AvgIpc) is 2.88. The van der Waals surface area contributed by atoms with Crippen molar-refractivity contribution in [1.29, 1.82) is 0 Å². The van der Waals surface area contributed by atoms with Gasteiger partial charge >= 0.3 is 0 Å². The maximum absolute atomic E-state index is 3.73. The SMILES string of the molecule is CCCCc1ccc(C(C)NCC2CCCC2C)cc1. The van der Waals surface area contributed by atoms with E-state index in [2.05, 4.69) is 50.4 Å². The van der Waals surface area contributed by atoms with Gasteiger partial charge in [0.2, 0.25) is 0 Å². The van der Waals surface area contributed by atoms with Crippen molar-refractivity contribution >= 4 is 0 Å². The Balaban J connectivity index is 1.81. The quantitative estimate of drug-likeness (QED) is 0.727. The largest absolute Gasteiger partial charge is 0.310 e. The summed E-state index contributed by atoms with van der Waals surface area (Å²) in [6, 6.07) is 9.70. The van der Waals surface area contributed by atoms with Crippen molar-refractivity contribution < 1.29 is 0 Å². The van der Waals surface area contributed by atoms with E-state index in [1.165, 1.54) is 56.2 Å². The summed E-state index contributed by atoms with van der Waals surface area (Å²) in [6.07, 6.45) is 8.06. The lowest BCUT2D eigenvalue weighted by atomic mass is 9.97. The van der Waals surface area contributed by atoms with E-state index in [-0.39, 0.29) is 0 Å². The van der Waals surface area contributed by atoms with E-state index in [9.17, 15) is 0 Å². The molecule has 0 saturated heterocycles. The molecule has 1 fully saturated rings. The molecule has 0 heterocycles. The first kappa shape index (κ1) is 15.6. The summed E-state index contributed by atoms with van der Waals surface area (Å²) in [5.41, 5.74) is 2.91. The highest BCUT2D eigenvalue weighted by Gasteiger charge is 2.23. The zero-order chi connectivity index (χ0) is 14.4. The van der Waals surface area contributed by atoms with E-state index in [0.29, 0.717) is 6.04 Å². The van der Waals surface area contributed by atoms with Crippen molar-refractivity contribution in [2.75, 3.05) is 6.54 Å². The molecule has 20 heavy (non-hydrogen) atoms. The second-order valence-corrected chi connectivity index (χ2v) is 6.64. The Kier molecular flexibility index (Phi) is 6.09. The van der Waals surface area contributed by atoms with Gasteiger partial charge in [-0.25, -0.2) is 0 Å². The van der Waals surface area contributed by atoms with E-state index in [4.69, 9.17) is 0 Å². The van der Waals surface area contributed by atoms with Crippen molar-refractivity contribution in [3.8, 4) is 0 Å². The summed E-state index contributed by atoms with van der Waals surface area (Å²) in [7, 11) is 0. The Labute approximate surface area is 125 Å². The van der Waals surface area contributed by atoms with Crippen LogP contribution in [0.3, 0.4) is 0 Å². The molecule has 2 rings (SSSR count). The third-order valence-corrected chi connectivity index (χ3v) is 5.02. The van der Waals surface area contributed by atoms with Crippen molar-refractivity contribution in [3.05, 3.63) is 35.4 Å². The molecule has 0 aromatic heterocycles. The third kappa shape index (κ3) is 4.34. The summed E-state index contributed by atoms with van der Waals surface area (Å²) in [6.45, 7) is 8.14. The fourth-order valence-electron chi connectivity index (χ4n) is 3.33. The lowest BCUT2D eigenvalue weighted by Gasteiger charge is -2.20. The van der Waals surface area contributed by atoms with Gasteiger partial charge in [-0.1, -0.05) is 57.4 Å². The van der Waals surface area contributed by atoms with Crippen LogP contribution in [0.2, 0.25) is 0 Å². The summed E-state index contributed by atoms with van der Waals surface area (Å²) in [4.78, 5) is 0. The van der Waals surface area contributed by atoms with Gasteiger partial charge in [0, 0.05) is 6.04 Å². The zero-order valence-corrected chi connectivity index (χ0v) is 13.5. The Morgan fingerprint density at radius 1 is 1.20 bits per heavy atom. The van der Waals surface area contributed by atoms with Crippen LogP contribution in [-0.2, 0) is 6.42 Å². The summed E-state index contributed by atoms with van der Waals surface area (Å²) < 4.78 is 0. The number of benzene rings is 1. The molecule has 1 aliphatic rings. The monoisotopic (exact) mass is 273 g/mol. The average molecular weight is 273 g/mol. The number of nitrogens with one attached hydrogen (secondary N) is 1. The number of rotatable bonds is 7. The first-order chi connectivity index (χ1) is 9.70. The molecule has 3 unspecified atom stereocenters. The van der Waals surface area contributed by atoms with Crippen LogP contribution in [0.25, 0.3) is 0 Å². The molecule has 1 aromatic carbocycles. The van der Waals surface area contributed by atoms with Crippen LogP contribution >= 0.6 is 0 Å². The van der Waals surface area contributed by atoms with Gasteiger partial charge in [-0.15, -0.1) is 0 Å². The lowest BCUT2D eigenvalue weighted by molar-refractivity contribution is 0.375. The number of unbranched alkanes of at least 4 members (excludes halogenated alkanes) is 1. The second-order valence-electron chi connectivity index (χ2n) is 6.64. The topological polar surface area (TPSA) is 12.0 Å². The molecule has 1 aromatic rings. The first-order valence-electron chi connectivity index (χ1n) is 8.53. The molecule has 1 saturated carbocycles. The van der Waals surface area contributed by atoms with Crippen molar-refractivity contribution in [1.82, 2.24) is 5.32 Å². The fraction of sp³-hybridized carbons (Fsp3) is 0.684. The molecular weight excluding hydrogens is 242 g/mol. The second kappa shape index (κ2) is 7.83. The van der Waals surface area contributed by atoms with E-state index < -0.39 is 0 Å². The Bertz CT molecular complexity index is 381. The third-order valence-electron chi connectivity index (χ3n) is 5.02. The van der Waals surface area contributed by atoms with Crippen LogP contribution in [0.5, 0.6) is 0 Å². The highest BCUT2D eigenvalue weighted by Crippen LogP contribution is 2.31. The molecule has 1 aliphatic carbocycles. The van der Waals surface area contributed by atoms with Crippen molar-refractivity contribution in [2.45, 2.75) is 65.3 Å². The number of aryl methyl sites for hydroxylation is 1. The molecule has 0 bridgehead atoms. The minimum absolute atomic E-state index is 0.475. The van der Waals surface area contributed by atoms with Crippen LogP contribution in [0.15, 0.2) is 24.3 Å². The number of hydrogen-bond acceptors (Lipinski definition) is 1. The number of hydrogen-bond donors (Lipinski definition) is 1. The van der Waals surface area contributed by atoms with Crippen LogP contribution in [0, 0.1) is 11.8 Å². The molecular formula is C19H31N. The van der Waals surface area contributed by atoms with E-state index in [1.807, 2.05) is 0 Å². The molecule has 0 aliphatic heterocycles. The Morgan fingerprint density at radius 3 is 2.55 bits per heavy atom. The zero-order valence-electron chi connectivity index (χ0n) is 13.5. The molecule has 3 atom stereocenters. The van der Waals surface area contributed by atoms with Gasteiger partial charge in [-0.3, -0.25) is 0 Å². The normalized spacial score (nSPS) is 23.9. The Morgan fingerprint density at radius 2 is 1.95 bits per heavy atom. The van der Waals surface area contributed by atoms with Crippen LogP contribution in [-0.4, -0.2) is 6.54 Å². The predicted octanol–water partition coefficient (Wildman–Crippen LogP) is 5.12. The summed E-state index contributed by atoms with van der Waals surface area (Å²) in [5.74, 6) is 1.80. The lowest BCUT2D eigenvalue weighted by Crippen LogP contribution is -2.27. The maximum Gasteiger partial charge on any atom is 0.0291 e. The van der Waals surface area contributed by atoms with Gasteiger partial charge in [-0.05, 0) is 55.7 Å². The maximum atomic E-state index is 3.73. The molecule has 1 N–H and O–H groups in total. The van der Waals surface area contributed by atoms with Gasteiger partial charge in [0.15, 0.2) is 0 Å². The molecule has 112 valence electrons. The minimum atomic E-state index is 0.475. The van der Waals surface area contributed by atoms with Gasteiger partial charge in [0.1, 0.15) is 0 Å². The van der Waals surface area contributed by atoms with Crippen LogP contribution < -0.4 is 5.32 Å². The molecule has 0 spiro atoms. The highest BCUT2D eigenvalue weighted by atomic mass is 14.9. The summed E-state index contributed by atoms with van der Waals surface area (Å²) >= 11 is 0. The van der Waals surface area contributed by atoms with Crippen LogP contribution in [0.4, 0.5) is 0 Å². The molecule has 0 amide bonds. The standard InChI is InChI=1S/C19H31N/c1-4-5-8-17-10-12-18(13-11-17)16(3)20-14-19-9-6-7-15(19)2/h10-13,15-16,19-20H,4-9,14H2,1-3H3. The van der Waals surface area contributed by atoms with Gasteiger partial charge < -0.3 is 5.32 Å². The fourth-order valence-corrected chi connectivity index (χ4v) is 3.33. The highest BCUT2D eigenvalue weighted by molar-refractivity contribution is 5.24. The smallest absolute Gasteiger partial charge is 0.0291 e. The van der Waals surface area contributed by atoms with Gasteiger partial charge in [-0.2, -0.15) is 0 Å². The Hall–Kier alpha value is -0.820. The molecule has 1 nitrogen and oxygen atoms in total. The van der Waals surface area contributed by atoms with Gasteiger partial charge in [0.05, 0.1) is 0 Å².